The molecule has 7 heteroatoms. The molecule has 98 valence electrons. The fourth-order valence-electron chi connectivity index (χ4n) is 2.36. The van der Waals surface area contributed by atoms with Gasteiger partial charge in [-0.15, -0.1) is 10.2 Å². The van der Waals surface area contributed by atoms with Crippen molar-refractivity contribution in [2.24, 2.45) is 0 Å². The zero-order valence-corrected chi connectivity index (χ0v) is 10.2. The number of halogens is 1. The Morgan fingerprint density at radius 2 is 2.15 bits per heavy atom. The molecule has 0 aliphatic heterocycles. The second-order valence-corrected chi connectivity index (χ2v) is 4.50. The molecule has 4 heterocycles. The largest absolute Gasteiger partial charge is 0.398 e. The van der Waals surface area contributed by atoms with E-state index in [0.717, 1.165) is 11.1 Å². The number of rotatable bonds is 1. The lowest BCUT2D eigenvalue weighted by atomic mass is 10.1. The van der Waals surface area contributed by atoms with Gasteiger partial charge in [-0.05, 0) is 12.1 Å². The molecule has 0 aliphatic carbocycles. The van der Waals surface area contributed by atoms with Crippen LogP contribution in [0, 0.1) is 5.82 Å². The van der Waals surface area contributed by atoms with E-state index in [1.54, 1.807) is 29.2 Å². The van der Waals surface area contributed by atoms with Gasteiger partial charge in [-0.25, -0.2) is 9.37 Å². The number of anilines is 1. The minimum absolute atomic E-state index is 0.389. The Bertz CT molecular complexity index is 938. The average molecular weight is 268 g/mol. The van der Waals surface area contributed by atoms with Crippen molar-refractivity contribution in [2.75, 3.05) is 5.73 Å². The molecule has 6 nitrogen and oxygen atoms in total. The molecule has 0 bridgehead atoms. The van der Waals surface area contributed by atoms with Crippen molar-refractivity contribution in [2.45, 2.75) is 0 Å². The lowest BCUT2D eigenvalue weighted by Gasteiger charge is -2.04. The molecule has 0 unspecified atom stereocenters. The average Bonchev–Trinajstić information content (AvgIpc) is 3.03. The highest BCUT2D eigenvalue weighted by Crippen LogP contribution is 2.31. The van der Waals surface area contributed by atoms with Crippen LogP contribution in [-0.2, 0) is 0 Å². The molecule has 0 saturated heterocycles. The Morgan fingerprint density at radius 3 is 3.05 bits per heavy atom. The minimum Gasteiger partial charge on any atom is -0.398 e. The first-order valence-electron chi connectivity index (χ1n) is 5.94. The molecule has 4 aromatic heterocycles. The number of nitrogens with two attached hydrogens (primary N) is 1. The van der Waals surface area contributed by atoms with E-state index in [2.05, 4.69) is 20.2 Å². The number of hydrogen-bond donors (Lipinski definition) is 2. The van der Waals surface area contributed by atoms with Crippen LogP contribution in [0.3, 0.4) is 0 Å². The third-order valence-electron chi connectivity index (χ3n) is 3.20. The van der Waals surface area contributed by atoms with Gasteiger partial charge in [0.05, 0.1) is 6.20 Å². The predicted molar refractivity (Wildman–Crippen MR) is 72.4 cm³/mol. The Hall–Kier alpha value is -2.96. The van der Waals surface area contributed by atoms with E-state index < -0.39 is 0 Å². The van der Waals surface area contributed by atoms with Crippen LogP contribution < -0.4 is 5.73 Å². The fourth-order valence-corrected chi connectivity index (χ4v) is 2.36. The summed E-state index contributed by atoms with van der Waals surface area (Å²) in [5.41, 5.74) is 9.30. The van der Waals surface area contributed by atoms with E-state index in [4.69, 9.17) is 5.73 Å². The van der Waals surface area contributed by atoms with Gasteiger partial charge in [-0.2, -0.15) is 0 Å². The molecule has 0 aromatic carbocycles. The summed E-state index contributed by atoms with van der Waals surface area (Å²) < 4.78 is 15.1. The number of pyridine rings is 2. The molecule has 4 aromatic rings. The third kappa shape index (κ3) is 1.46. The molecule has 4 rings (SSSR count). The van der Waals surface area contributed by atoms with E-state index in [0.29, 0.717) is 22.4 Å². The van der Waals surface area contributed by atoms with Crippen LogP contribution in [0.4, 0.5) is 10.1 Å². The lowest BCUT2D eigenvalue weighted by Crippen LogP contribution is -1.93. The van der Waals surface area contributed by atoms with Crippen molar-refractivity contribution in [3.63, 3.8) is 0 Å². The second kappa shape index (κ2) is 3.77. The van der Waals surface area contributed by atoms with Gasteiger partial charge in [-0.1, -0.05) is 0 Å². The summed E-state index contributed by atoms with van der Waals surface area (Å²) >= 11 is 0. The van der Waals surface area contributed by atoms with E-state index in [1.807, 2.05) is 0 Å². The van der Waals surface area contributed by atoms with Gasteiger partial charge in [0.25, 0.3) is 0 Å². The normalized spacial score (nSPS) is 11.4. The first-order valence-corrected chi connectivity index (χ1v) is 5.94. The molecule has 0 amide bonds. The minimum atomic E-state index is -0.389. The van der Waals surface area contributed by atoms with Gasteiger partial charge in [0, 0.05) is 34.6 Å². The van der Waals surface area contributed by atoms with Crippen LogP contribution in [0.1, 0.15) is 0 Å². The van der Waals surface area contributed by atoms with Gasteiger partial charge < -0.3 is 10.7 Å². The summed E-state index contributed by atoms with van der Waals surface area (Å²) in [7, 11) is 0. The summed E-state index contributed by atoms with van der Waals surface area (Å²) in [5.74, 6) is -0.389. The summed E-state index contributed by atoms with van der Waals surface area (Å²) in [6.45, 7) is 0. The molecule has 0 aliphatic rings. The number of nitrogens with zero attached hydrogens (tertiary/aromatic N) is 4. The number of nitrogens with one attached hydrogen (secondary N) is 1. The molecule has 0 saturated carbocycles. The molecular weight excluding hydrogens is 259 g/mol. The molecular formula is C13H9FN6. The first-order chi connectivity index (χ1) is 9.72. The van der Waals surface area contributed by atoms with Crippen LogP contribution in [-0.4, -0.2) is 24.6 Å². The predicted octanol–water partition coefficient (Wildman–Crippen LogP) is 1.99. The van der Waals surface area contributed by atoms with E-state index >= 15 is 0 Å². The summed E-state index contributed by atoms with van der Waals surface area (Å²) in [6, 6.07) is 3.22. The second-order valence-electron chi connectivity index (χ2n) is 4.50. The molecule has 20 heavy (non-hydrogen) atoms. The number of aromatic amines is 1. The highest BCUT2D eigenvalue weighted by Gasteiger charge is 2.13. The maximum absolute atomic E-state index is 13.4. The van der Waals surface area contributed by atoms with E-state index in [9.17, 15) is 4.39 Å². The van der Waals surface area contributed by atoms with Crippen molar-refractivity contribution < 1.29 is 4.39 Å². The quantitative estimate of drug-likeness (QED) is 0.553. The van der Waals surface area contributed by atoms with Crippen molar-refractivity contribution in [1.29, 1.82) is 0 Å². The monoisotopic (exact) mass is 268 g/mol. The molecule has 0 radical (unpaired) electrons. The zero-order valence-electron chi connectivity index (χ0n) is 10.2. The maximum atomic E-state index is 13.4. The Labute approximate surface area is 112 Å². The molecule has 3 N–H and O–H groups in total. The smallest absolute Gasteiger partial charge is 0.168 e. The number of hydrogen-bond acceptors (Lipinski definition) is 4. The SMILES string of the molecule is Nc1cc(-c2c[nH]c3ncc(F)cc23)c2nncn2c1. The lowest BCUT2D eigenvalue weighted by molar-refractivity contribution is 0.624. The molecule has 0 fully saturated rings. The standard InChI is InChI=1S/C13H9FN6/c14-7-1-9-11(4-17-12(9)16-3-7)10-2-8(15)5-20-6-18-19-13(10)20/h1-6H,15H2,(H,16,17). The summed E-state index contributed by atoms with van der Waals surface area (Å²) in [5, 5.41) is 8.62. The van der Waals surface area contributed by atoms with Gasteiger partial charge in [0.2, 0.25) is 0 Å². The summed E-state index contributed by atoms with van der Waals surface area (Å²) in [4.78, 5) is 7.03. The third-order valence-corrected chi connectivity index (χ3v) is 3.20. The summed E-state index contributed by atoms with van der Waals surface area (Å²) in [6.07, 6.45) is 6.24. The number of H-pyrrole nitrogens is 1. The number of fused-ring (bicyclic) bond motifs is 2. The fraction of sp³-hybridized carbons (Fsp3) is 0. The van der Waals surface area contributed by atoms with Crippen LogP contribution >= 0.6 is 0 Å². The Balaban J connectivity index is 2.10. The van der Waals surface area contributed by atoms with Gasteiger partial charge in [0.1, 0.15) is 17.8 Å². The number of nitrogen functional groups attached to an aromatic ring is 1. The topological polar surface area (TPSA) is 84.9 Å². The van der Waals surface area contributed by atoms with Crippen LogP contribution in [0.2, 0.25) is 0 Å². The first kappa shape index (κ1) is 10.9. The van der Waals surface area contributed by atoms with Gasteiger partial charge >= 0.3 is 0 Å². The van der Waals surface area contributed by atoms with E-state index in [1.165, 1.54) is 12.3 Å². The van der Waals surface area contributed by atoms with Crippen LogP contribution in [0.15, 0.2) is 37.1 Å². The zero-order chi connectivity index (χ0) is 13.7. The van der Waals surface area contributed by atoms with Gasteiger partial charge in [0.15, 0.2) is 5.65 Å². The number of aromatic nitrogens is 5. The molecule has 0 spiro atoms. The van der Waals surface area contributed by atoms with Crippen molar-refractivity contribution in [1.82, 2.24) is 24.6 Å². The van der Waals surface area contributed by atoms with Crippen LogP contribution in [0.5, 0.6) is 0 Å². The highest BCUT2D eigenvalue weighted by atomic mass is 19.1. The van der Waals surface area contributed by atoms with Crippen molar-refractivity contribution in [3.8, 4) is 11.1 Å². The maximum Gasteiger partial charge on any atom is 0.168 e. The van der Waals surface area contributed by atoms with Crippen molar-refractivity contribution >= 4 is 22.4 Å². The van der Waals surface area contributed by atoms with E-state index in [-0.39, 0.29) is 5.82 Å². The van der Waals surface area contributed by atoms with Crippen LogP contribution in [0.25, 0.3) is 27.8 Å². The van der Waals surface area contributed by atoms with Crippen molar-refractivity contribution in [3.05, 3.63) is 42.9 Å². The Morgan fingerprint density at radius 1 is 1.25 bits per heavy atom. The van der Waals surface area contributed by atoms with Gasteiger partial charge in [-0.3, -0.25) is 4.40 Å². The molecule has 0 atom stereocenters. The Kier molecular flexibility index (Phi) is 2.06. The highest BCUT2D eigenvalue weighted by molar-refractivity contribution is 5.97.